The number of imidazole rings is 1. The third-order valence-electron chi connectivity index (χ3n) is 6.83. The lowest BCUT2D eigenvalue weighted by Gasteiger charge is -2.36. The van der Waals surface area contributed by atoms with Crippen LogP contribution in [0.15, 0.2) is 18.5 Å². The van der Waals surface area contributed by atoms with Crippen LogP contribution in [0.1, 0.15) is 43.5 Å². The van der Waals surface area contributed by atoms with Gasteiger partial charge in [0.25, 0.3) is 0 Å². The molecular weight excluding hydrogens is 518 g/mol. The van der Waals surface area contributed by atoms with E-state index >= 15 is 0 Å². The first kappa shape index (κ1) is 28.8. The predicted octanol–water partition coefficient (Wildman–Crippen LogP) is 1.19. The number of ether oxygens (including phenoxy) is 1. The molecule has 4 rings (SSSR count). The van der Waals surface area contributed by atoms with Crippen molar-refractivity contribution >= 4 is 29.3 Å². The minimum atomic E-state index is -1.23. The number of anilines is 2. The molecule has 14 heteroatoms. The Hall–Kier alpha value is -4.20. The van der Waals surface area contributed by atoms with Gasteiger partial charge < -0.3 is 30.5 Å². The lowest BCUT2D eigenvalue weighted by molar-refractivity contribution is -0.132. The number of fused-ring (bicyclic) bond motifs is 1. The van der Waals surface area contributed by atoms with Gasteiger partial charge in [-0.1, -0.05) is 19.4 Å². The molecule has 4 N–H and O–H groups in total. The summed E-state index contributed by atoms with van der Waals surface area (Å²) in [5, 5.41) is 22.8. The van der Waals surface area contributed by atoms with E-state index < -0.39 is 6.09 Å². The highest BCUT2D eigenvalue weighted by Gasteiger charge is 2.25. The molecule has 0 aromatic carbocycles. The zero-order valence-electron chi connectivity index (χ0n) is 23.2. The van der Waals surface area contributed by atoms with E-state index in [4.69, 9.17) is 20.6 Å². The maximum atomic E-state index is 12.6. The molecule has 0 aliphatic carbocycles. The van der Waals surface area contributed by atoms with Crippen molar-refractivity contribution in [2.75, 3.05) is 56.5 Å². The van der Waals surface area contributed by atoms with E-state index in [1.165, 1.54) is 0 Å². The molecule has 0 bridgehead atoms. The van der Waals surface area contributed by atoms with Crippen molar-refractivity contribution in [1.82, 2.24) is 34.4 Å². The van der Waals surface area contributed by atoms with E-state index in [2.05, 4.69) is 33.0 Å². The number of aryl methyl sites for hydroxylation is 1. The number of aliphatic hydroxyl groups is 1. The van der Waals surface area contributed by atoms with Crippen LogP contribution in [-0.2, 0) is 11.2 Å². The van der Waals surface area contributed by atoms with Gasteiger partial charge in [-0.15, -0.1) is 5.10 Å². The first-order valence-corrected chi connectivity index (χ1v) is 13.4. The van der Waals surface area contributed by atoms with Crippen LogP contribution in [0.25, 0.3) is 5.65 Å². The van der Waals surface area contributed by atoms with Crippen molar-refractivity contribution in [2.24, 2.45) is 0 Å². The SMILES string of the molecule is CCC[C@H](C)Oc1nc(N)c2ncc(Cc3cnc(N4CCN(C(=O)CN(CCO)C(=O)O)CC4)c(C)c3)n2n1. The molecule has 1 atom stereocenters. The molecule has 0 unspecified atom stereocenters. The molecule has 1 saturated heterocycles. The number of pyridine rings is 1. The van der Waals surface area contributed by atoms with Crippen molar-refractivity contribution < 1.29 is 24.5 Å². The summed E-state index contributed by atoms with van der Waals surface area (Å²) in [6.45, 7) is 7.43. The fourth-order valence-corrected chi connectivity index (χ4v) is 4.80. The predicted molar refractivity (Wildman–Crippen MR) is 147 cm³/mol. The normalized spacial score (nSPS) is 14.4. The van der Waals surface area contributed by atoms with Crippen molar-refractivity contribution in [2.45, 2.75) is 46.1 Å². The highest BCUT2D eigenvalue weighted by atomic mass is 16.5. The fraction of sp³-hybridized carbons (Fsp3) is 0.538. The Labute approximate surface area is 232 Å². The van der Waals surface area contributed by atoms with Gasteiger partial charge in [0.15, 0.2) is 11.5 Å². The van der Waals surface area contributed by atoms with Crippen LogP contribution in [0.4, 0.5) is 16.4 Å². The fourth-order valence-electron chi connectivity index (χ4n) is 4.80. The minimum Gasteiger partial charge on any atom is -0.465 e. The molecule has 3 aromatic heterocycles. The second-order valence-corrected chi connectivity index (χ2v) is 9.94. The number of aliphatic hydroxyl groups excluding tert-OH is 1. The Kier molecular flexibility index (Phi) is 9.19. The van der Waals surface area contributed by atoms with Gasteiger partial charge in [0.05, 0.1) is 24.6 Å². The van der Waals surface area contributed by atoms with Crippen LogP contribution in [0.3, 0.4) is 0 Å². The number of hydrogen-bond acceptors (Lipinski definition) is 10. The zero-order valence-corrected chi connectivity index (χ0v) is 23.2. The second-order valence-electron chi connectivity index (χ2n) is 9.94. The maximum Gasteiger partial charge on any atom is 0.407 e. The number of piperazine rings is 1. The molecule has 216 valence electrons. The van der Waals surface area contributed by atoms with E-state index in [9.17, 15) is 14.7 Å². The molecule has 0 radical (unpaired) electrons. The number of nitrogens with zero attached hydrogens (tertiary/aromatic N) is 8. The third kappa shape index (κ3) is 6.68. The summed E-state index contributed by atoms with van der Waals surface area (Å²) >= 11 is 0. The average molecular weight is 556 g/mol. The van der Waals surface area contributed by atoms with Crippen LogP contribution >= 0.6 is 0 Å². The first-order valence-electron chi connectivity index (χ1n) is 13.4. The molecule has 1 aliphatic rings. The largest absolute Gasteiger partial charge is 0.465 e. The Balaban J connectivity index is 1.41. The summed E-state index contributed by atoms with van der Waals surface area (Å²) in [7, 11) is 0. The molecule has 0 spiro atoms. The number of carbonyl (C=O) groups is 2. The summed E-state index contributed by atoms with van der Waals surface area (Å²) in [6.07, 6.45) is 4.70. The molecule has 2 amide bonds. The van der Waals surface area contributed by atoms with Crippen LogP contribution < -0.4 is 15.4 Å². The van der Waals surface area contributed by atoms with Gasteiger partial charge >= 0.3 is 12.1 Å². The monoisotopic (exact) mass is 555 g/mol. The van der Waals surface area contributed by atoms with E-state index in [1.54, 1.807) is 15.6 Å². The lowest BCUT2D eigenvalue weighted by Crippen LogP contribution is -2.52. The van der Waals surface area contributed by atoms with E-state index in [-0.39, 0.29) is 43.5 Å². The second kappa shape index (κ2) is 12.8. The van der Waals surface area contributed by atoms with Crippen LogP contribution in [-0.4, -0.2) is 109 Å². The number of aromatic nitrogens is 5. The van der Waals surface area contributed by atoms with E-state index in [1.807, 2.05) is 20.0 Å². The Morgan fingerprint density at radius 2 is 1.95 bits per heavy atom. The number of hydrogen-bond donors (Lipinski definition) is 3. The number of rotatable bonds is 11. The Bertz CT molecular complexity index is 1340. The maximum absolute atomic E-state index is 12.6. The number of carboxylic acid groups (broad SMARTS) is 1. The third-order valence-corrected chi connectivity index (χ3v) is 6.83. The number of carbonyl (C=O) groups excluding carboxylic acids is 1. The van der Waals surface area contributed by atoms with Gasteiger partial charge in [0, 0.05) is 45.3 Å². The molecule has 1 aliphatic heterocycles. The first-order chi connectivity index (χ1) is 19.2. The topological polar surface area (TPSA) is 176 Å². The van der Waals surface area contributed by atoms with E-state index in [0.717, 1.165) is 40.4 Å². The van der Waals surface area contributed by atoms with Gasteiger partial charge in [-0.25, -0.2) is 19.3 Å². The molecule has 14 nitrogen and oxygen atoms in total. The quantitative estimate of drug-likeness (QED) is 0.310. The number of amides is 2. The Morgan fingerprint density at radius 3 is 2.60 bits per heavy atom. The van der Waals surface area contributed by atoms with Crippen LogP contribution in [0.5, 0.6) is 6.01 Å². The molecule has 3 aromatic rings. The standard InChI is InChI=1S/C26H37N9O5/c1-4-5-18(3)40-25-30-22(27)24-29-15-20(35(24)31-25)13-19-12-17(2)23(28-14-19)33-8-6-32(7-9-33)21(37)16-34(10-11-36)26(38)39/h12,14-15,18,36H,4-11,13,16H2,1-3H3,(H,38,39)(H2,27,30,31)/t18-/m0/s1. The molecule has 1 fully saturated rings. The summed E-state index contributed by atoms with van der Waals surface area (Å²) < 4.78 is 7.52. The summed E-state index contributed by atoms with van der Waals surface area (Å²) in [5.41, 5.74) is 9.40. The van der Waals surface area contributed by atoms with Gasteiger partial charge in [0.2, 0.25) is 5.91 Å². The highest BCUT2D eigenvalue weighted by molar-refractivity contribution is 5.82. The summed E-state index contributed by atoms with van der Waals surface area (Å²) in [6, 6.07) is 2.29. The number of nitrogens with two attached hydrogens (primary N) is 1. The highest BCUT2D eigenvalue weighted by Crippen LogP contribution is 2.23. The number of nitrogen functional groups attached to an aromatic ring is 1. The van der Waals surface area contributed by atoms with Crippen molar-refractivity contribution in [3.8, 4) is 6.01 Å². The molecule has 4 heterocycles. The lowest BCUT2D eigenvalue weighted by atomic mass is 10.1. The van der Waals surface area contributed by atoms with Crippen LogP contribution in [0, 0.1) is 6.92 Å². The van der Waals surface area contributed by atoms with Gasteiger partial charge in [-0.05, 0) is 31.4 Å². The average Bonchev–Trinajstić information content (AvgIpc) is 3.31. The molecule has 40 heavy (non-hydrogen) atoms. The van der Waals surface area contributed by atoms with Crippen molar-refractivity contribution in [3.05, 3.63) is 35.3 Å². The molecule has 0 saturated carbocycles. The smallest absolute Gasteiger partial charge is 0.407 e. The zero-order chi connectivity index (χ0) is 28.8. The minimum absolute atomic E-state index is 0.0288. The van der Waals surface area contributed by atoms with Gasteiger partial charge in [-0.2, -0.15) is 4.98 Å². The summed E-state index contributed by atoms with van der Waals surface area (Å²) in [5.74, 6) is 0.821. The van der Waals surface area contributed by atoms with Gasteiger partial charge in [0.1, 0.15) is 12.4 Å². The molecular formula is C26H37N9O5. The summed E-state index contributed by atoms with van der Waals surface area (Å²) in [4.78, 5) is 41.9. The van der Waals surface area contributed by atoms with E-state index in [0.29, 0.717) is 38.2 Å². The Morgan fingerprint density at radius 1 is 1.20 bits per heavy atom. The van der Waals surface area contributed by atoms with Crippen LogP contribution in [0.2, 0.25) is 0 Å². The van der Waals surface area contributed by atoms with Gasteiger partial charge in [-0.3, -0.25) is 9.69 Å². The van der Waals surface area contributed by atoms with Crippen molar-refractivity contribution in [3.63, 3.8) is 0 Å². The van der Waals surface area contributed by atoms with Crippen molar-refractivity contribution in [1.29, 1.82) is 0 Å².